The van der Waals surface area contributed by atoms with Crippen molar-refractivity contribution in [3.63, 3.8) is 0 Å². The van der Waals surface area contributed by atoms with Crippen molar-refractivity contribution in [3.8, 4) is 0 Å². The van der Waals surface area contributed by atoms with Gasteiger partial charge in [-0.15, -0.1) is 0 Å². The molecule has 4 aliphatic rings. The Hall–Kier alpha value is -1.14. The van der Waals surface area contributed by atoms with Crippen LogP contribution in [0.15, 0.2) is 0 Å². The van der Waals surface area contributed by atoms with Crippen LogP contribution in [0.3, 0.4) is 0 Å². The van der Waals surface area contributed by atoms with Gasteiger partial charge in [-0.3, -0.25) is 14.5 Å². The number of hydrogen-bond acceptors (Lipinski definition) is 4. The Morgan fingerprint density at radius 1 is 1.04 bits per heavy atom. The van der Waals surface area contributed by atoms with Gasteiger partial charge in [0, 0.05) is 45.2 Å². The fourth-order valence-corrected chi connectivity index (χ4v) is 5.64. The van der Waals surface area contributed by atoms with Crippen molar-refractivity contribution in [2.24, 2.45) is 11.8 Å². The van der Waals surface area contributed by atoms with E-state index in [1.165, 1.54) is 38.8 Å². The third-order valence-corrected chi connectivity index (χ3v) is 6.82. The van der Waals surface area contributed by atoms with E-state index in [2.05, 4.69) is 20.0 Å². The number of nitrogens with zero attached hydrogens (tertiary/aromatic N) is 3. The zero-order valence-electron chi connectivity index (χ0n) is 16.0. The third-order valence-electron chi connectivity index (χ3n) is 6.82. The Balaban J connectivity index is 1.22. The summed E-state index contributed by atoms with van der Waals surface area (Å²) in [6.45, 7) is 7.49. The molecule has 0 aromatic rings. The van der Waals surface area contributed by atoms with Gasteiger partial charge in [0.1, 0.15) is 0 Å². The Morgan fingerprint density at radius 3 is 2.73 bits per heavy atom. The zero-order chi connectivity index (χ0) is 17.9. The largest absolute Gasteiger partial charge is 0.354 e. The number of piperidine rings is 4. The van der Waals surface area contributed by atoms with Crippen LogP contribution in [0.25, 0.3) is 0 Å². The van der Waals surface area contributed by atoms with Crippen molar-refractivity contribution in [2.45, 2.75) is 51.0 Å². The fourth-order valence-electron chi connectivity index (χ4n) is 5.64. The van der Waals surface area contributed by atoms with E-state index in [0.29, 0.717) is 30.3 Å². The van der Waals surface area contributed by atoms with Gasteiger partial charge in [0.2, 0.25) is 11.8 Å². The summed E-state index contributed by atoms with van der Waals surface area (Å²) in [5.41, 5.74) is 0. The number of likely N-dealkylation sites (tertiary alicyclic amines) is 2. The van der Waals surface area contributed by atoms with Crippen LogP contribution in [0.2, 0.25) is 0 Å². The lowest BCUT2D eigenvalue weighted by molar-refractivity contribution is -0.145. The van der Waals surface area contributed by atoms with Gasteiger partial charge in [-0.05, 0) is 57.0 Å². The van der Waals surface area contributed by atoms with Crippen molar-refractivity contribution in [1.29, 1.82) is 0 Å². The SMILES string of the molecule is O=C(CN1CC2CC(C1)[C@H]1CCCC(=O)N1C2)NCCN1CCCCC1. The number of hydrogen-bond donors (Lipinski definition) is 1. The molecule has 4 aliphatic heterocycles. The van der Waals surface area contributed by atoms with Gasteiger partial charge in [-0.1, -0.05) is 6.42 Å². The molecular formula is C20H34N4O2. The number of carbonyl (C=O) groups excluding carboxylic acids is 2. The highest BCUT2D eigenvalue weighted by molar-refractivity contribution is 5.78. The van der Waals surface area contributed by atoms with Gasteiger partial charge in [-0.2, -0.15) is 0 Å². The third kappa shape index (κ3) is 4.22. The van der Waals surface area contributed by atoms with Crippen molar-refractivity contribution in [3.05, 3.63) is 0 Å². The van der Waals surface area contributed by atoms with Crippen LogP contribution in [0.1, 0.15) is 44.9 Å². The lowest BCUT2D eigenvalue weighted by Crippen LogP contribution is -2.61. The van der Waals surface area contributed by atoms with Gasteiger partial charge < -0.3 is 15.1 Å². The molecule has 6 heteroatoms. The minimum Gasteiger partial charge on any atom is -0.354 e. The maximum atomic E-state index is 12.4. The summed E-state index contributed by atoms with van der Waals surface area (Å²) in [4.78, 5) is 31.5. The molecule has 4 saturated heterocycles. The lowest BCUT2D eigenvalue weighted by Gasteiger charge is -2.52. The van der Waals surface area contributed by atoms with E-state index in [4.69, 9.17) is 0 Å². The molecule has 4 rings (SSSR count). The van der Waals surface area contributed by atoms with Crippen LogP contribution in [-0.2, 0) is 9.59 Å². The van der Waals surface area contributed by atoms with Gasteiger partial charge in [0.15, 0.2) is 0 Å². The number of nitrogens with one attached hydrogen (secondary N) is 1. The number of amides is 2. The van der Waals surface area contributed by atoms with Crippen LogP contribution < -0.4 is 5.32 Å². The monoisotopic (exact) mass is 362 g/mol. The smallest absolute Gasteiger partial charge is 0.234 e. The quantitative estimate of drug-likeness (QED) is 0.790. The molecule has 0 radical (unpaired) electrons. The second-order valence-electron chi connectivity index (χ2n) is 8.81. The second-order valence-corrected chi connectivity index (χ2v) is 8.81. The van der Waals surface area contributed by atoms with Crippen molar-refractivity contribution < 1.29 is 9.59 Å². The Bertz CT molecular complexity index is 520. The first-order chi connectivity index (χ1) is 12.7. The topological polar surface area (TPSA) is 55.9 Å². The average molecular weight is 363 g/mol. The Kier molecular flexibility index (Phi) is 5.79. The molecular weight excluding hydrogens is 328 g/mol. The van der Waals surface area contributed by atoms with Gasteiger partial charge in [-0.25, -0.2) is 0 Å². The first-order valence-corrected chi connectivity index (χ1v) is 10.7. The highest BCUT2D eigenvalue weighted by atomic mass is 16.2. The molecule has 4 heterocycles. The molecule has 0 spiro atoms. The van der Waals surface area contributed by atoms with Crippen LogP contribution in [-0.4, -0.2) is 84.9 Å². The van der Waals surface area contributed by atoms with E-state index >= 15 is 0 Å². The molecule has 2 bridgehead atoms. The first-order valence-electron chi connectivity index (χ1n) is 10.7. The van der Waals surface area contributed by atoms with E-state index in [1.807, 2.05) is 0 Å². The molecule has 3 atom stereocenters. The minimum absolute atomic E-state index is 0.165. The van der Waals surface area contributed by atoms with E-state index in [1.54, 1.807) is 0 Å². The van der Waals surface area contributed by atoms with Crippen LogP contribution in [0.4, 0.5) is 0 Å². The Morgan fingerprint density at radius 2 is 1.88 bits per heavy atom. The van der Waals surface area contributed by atoms with Crippen LogP contribution in [0.5, 0.6) is 0 Å². The maximum Gasteiger partial charge on any atom is 0.234 e. The summed E-state index contributed by atoms with van der Waals surface area (Å²) >= 11 is 0. The zero-order valence-corrected chi connectivity index (χ0v) is 16.0. The highest BCUT2D eigenvalue weighted by Crippen LogP contribution is 2.37. The van der Waals surface area contributed by atoms with Crippen LogP contribution >= 0.6 is 0 Å². The van der Waals surface area contributed by atoms with E-state index < -0.39 is 0 Å². The standard InChI is InChI=1S/C20H34N4O2/c25-19(21-7-10-22-8-2-1-3-9-22)15-23-12-16-11-17(14-23)18-5-4-6-20(26)24(18)13-16/h16-18H,1-15H2,(H,21,25)/t16?,17?,18-/m1/s1. The molecule has 2 amide bonds. The first kappa shape index (κ1) is 18.2. The maximum absolute atomic E-state index is 12.4. The molecule has 26 heavy (non-hydrogen) atoms. The number of fused-ring (bicyclic) bond motifs is 4. The molecule has 6 nitrogen and oxygen atoms in total. The second kappa shape index (κ2) is 8.26. The molecule has 146 valence electrons. The van der Waals surface area contributed by atoms with Gasteiger partial charge in [0.05, 0.1) is 6.54 Å². The van der Waals surface area contributed by atoms with Gasteiger partial charge >= 0.3 is 0 Å². The van der Waals surface area contributed by atoms with E-state index in [0.717, 1.165) is 52.0 Å². The summed E-state index contributed by atoms with van der Waals surface area (Å²) in [7, 11) is 0. The Labute approximate surface area is 157 Å². The predicted octanol–water partition coefficient (Wildman–Crippen LogP) is 0.921. The van der Waals surface area contributed by atoms with E-state index in [9.17, 15) is 9.59 Å². The average Bonchev–Trinajstić information content (AvgIpc) is 2.63. The normalized spacial score (nSPS) is 33.0. The predicted molar refractivity (Wildman–Crippen MR) is 101 cm³/mol. The molecule has 2 unspecified atom stereocenters. The fraction of sp³-hybridized carbons (Fsp3) is 0.900. The molecule has 0 aromatic carbocycles. The van der Waals surface area contributed by atoms with Crippen molar-refractivity contribution in [2.75, 3.05) is 52.4 Å². The minimum atomic E-state index is 0.165. The van der Waals surface area contributed by atoms with Gasteiger partial charge in [0.25, 0.3) is 0 Å². The van der Waals surface area contributed by atoms with Crippen LogP contribution in [0, 0.1) is 11.8 Å². The summed E-state index contributed by atoms with van der Waals surface area (Å²) in [5.74, 6) is 1.64. The molecule has 0 aromatic heterocycles. The molecule has 0 aliphatic carbocycles. The van der Waals surface area contributed by atoms with E-state index in [-0.39, 0.29) is 5.91 Å². The highest BCUT2D eigenvalue weighted by Gasteiger charge is 2.43. The summed E-state index contributed by atoms with van der Waals surface area (Å²) in [6, 6.07) is 0.428. The summed E-state index contributed by atoms with van der Waals surface area (Å²) in [6.07, 6.45) is 8.11. The number of rotatable bonds is 5. The summed E-state index contributed by atoms with van der Waals surface area (Å²) < 4.78 is 0. The van der Waals surface area contributed by atoms with Crippen molar-refractivity contribution >= 4 is 11.8 Å². The molecule has 1 N–H and O–H groups in total. The molecule has 0 saturated carbocycles. The number of carbonyl (C=O) groups is 2. The van der Waals surface area contributed by atoms with Crippen molar-refractivity contribution in [1.82, 2.24) is 20.0 Å². The summed E-state index contributed by atoms with van der Waals surface area (Å²) in [5, 5.41) is 3.12. The molecule has 4 fully saturated rings. The lowest BCUT2D eigenvalue weighted by atomic mass is 9.76.